The van der Waals surface area contributed by atoms with E-state index in [-0.39, 0.29) is 0 Å². The van der Waals surface area contributed by atoms with Crippen molar-refractivity contribution in [2.45, 2.75) is 32.2 Å². The van der Waals surface area contributed by atoms with Gasteiger partial charge in [0.1, 0.15) is 0 Å². The number of hydrogen-bond donors (Lipinski definition) is 1. The second kappa shape index (κ2) is 5.83. The first-order valence-electron chi connectivity index (χ1n) is 6.53. The van der Waals surface area contributed by atoms with Crippen LogP contribution in [0.3, 0.4) is 0 Å². The number of likely N-dealkylation sites (tertiary alicyclic amines) is 1. The van der Waals surface area contributed by atoms with Gasteiger partial charge in [-0.2, -0.15) is 0 Å². The Labute approximate surface area is 93.8 Å². The lowest BCUT2D eigenvalue weighted by Crippen LogP contribution is -2.48. The van der Waals surface area contributed by atoms with Crippen LogP contribution in [0.2, 0.25) is 0 Å². The number of piperidine rings is 1. The number of piperazine rings is 1. The van der Waals surface area contributed by atoms with Crippen LogP contribution in [0.4, 0.5) is 0 Å². The first-order valence-corrected chi connectivity index (χ1v) is 6.53. The zero-order valence-corrected chi connectivity index (χ0v) is 10.0. The maximum absolute atomic E-state index is 3.41. The SMILES string of the molecule is CC1CCCCN1CCN1CCNCC1. The molecule has 3 nitrogen and oxygen atoms in total. The number of nitrogens with one attached hydrogen (secondary N) is 1. The minimum atomic E-state index is 0.821. The van der Waals surface area contributed by atoms with E-state index < -0.39 is 0 Å². The van der Waals surface area contributed by atoms with E-state index in [1.165, 1.54) is 65.1 Å². The number of hydrogen-bond acceptors (Lipinski definition) is 3. The van der Waals surface area contributed by atoms with Crippen LogP contribution in [0.1, 0.15) is 26.2 Å². The fourth-order valence-electron chi connectivity index (χ4n) is 2.69. The summed E-state index contributed by atoms with van der Waals surface area (Å²) >= 11 is 0. The molecule has 0 saturated carbocycles. The molecule has 2 saturated heterocycles. The molecule has 0 aromatic carbocycles. The summed E-state index contributed by atoms with van der Waals surface area (Å²) in [5, 5.41) is 3.41. The normalized spacial score (nSPS) is 30.6. The van der Waals surface area contributed by atoms with E-state index in [1.807, 2.05) is 0 Å². The Bertz CT molecular complexity index is 178. The standard InChI is InChI=1S/C12H25N3/c1-12-4-2-3-7-15(12)11-10-14-8-5-13-6-9-14/h12-13H,2-11H2,1H3. The van der Waals surface area contributed by atoms with Gasteiger partial charge in [0.05, 0.1) is 0 Å². The predicted octanol–water partition coefficient (Wildman–Crippen LogP) is 0.766. The molecule has 0 amide bonds. The molecule has 15 heavy (non-hydrogen) atoms. The molecular formula is C12H25N3. The van der Waals surface area contributed by atoms with Crippen LogP contribution in [0.15, 0.2) is 0 Å². The van der Waals surface area contributed by atoms with Gasteiger partial charge in [0.2, 0.25) is 0 Å². The highest BCUT2D eigenvalue weighted by Crippen LogP contribution is 2.15. The largest absolute Gasteiger partial charge is 0.314 e. The van der Waals surface area contributed by atoms with Gasteiger partial charge in [-0.1, -0.05) is 6.42 Å². The molecule has 0 spiro atoms. The first kappa shape index (κ1) is 11.4. The Kier molecular flexibility index (Phi) is 4.42. The van der Waals surface area contributed by atoms with E-state index in [0.29, 0.717) is 0 Å². The summed E-state index contributed by atoms with van der Waals surface area (Å²) in [5.74, 6) is 0. The van der Waals surface area contributed by atoms with Gasteiger partial charge in [0.15, 0.2) is 0 Å². The molecule has 88 valence electrons. The van der Waals surface area contributed by atoms with Gasteiger partial charge >= 0.3 is 0 Å². The van der Waals surface area contributed by atoms with E-state index in [2.05, 4.69) is 22.0 Å². The fraction of sp³-hybridized carbons (Fsp3) is 1.00. The minimum absolute atomic E-state index is 0.821. The molecule has 0 aromatic heterocycles. The van der Waals surface area contributed by atoms with Crippen LogP contribution in [-0.4, -0.2) is 61.7 Å². The second-order valence-electron chi connectivity index (χ2n) is 4.97. The predicted molar refractivity (Wildman–Crippen MR) is 64.2 cm³/mol. The smallest absolute Gasteiger partial charge is 0.0112 e. The molecule has 2 aliphatic rings. The van der Waals surface area contributed by atoms with Crippen molar-refractivity contribution in [2.24, 2.45) is 0 Å². The van der Waals surface area contributed by atoms with Crippen molar-refractivity contribution >= 4 is 0 Å². The van der Waals surface area contributed by atoms with Crippen molar-refractivity contribution in [1.82, 2.24) is 15.1 Å². The van der Waals surface area contributed by atoms with Crippen molar-refractivity contribution in [3.63, 3.8) is 0 Å². The molecule has 2 heterocycles. The Balaban J connectivity index is 1.67. The van der Waals surface area contributed by atoms with Gasteiger partial charge in [-0.3, -0.25) is 9.80 Å². The summed E-state index contributed by atoms with van der Waals surface area (Å²) in [6.07, 6.45) is 4.25. The molecule has 0 aromatic rings. The highest BCUT2D eigenvalue weighted by Gasteiger charge is 2.18. The molecule has 0 aliphatic carbocycles. The Morgan fingerprint density at radius 3 is 2.60 bits per heavy atom. The third kappa shape index (κ3) is 3.44. The lowest BCUT2D eigenvalue weighted by Gasteiger charge is -2.36. The molecule has 1 unspecified atom stereocenters. The highest BCUT2D eigenvalue weighted by molar-refractivity contribution is 4.75. The van der Waals surface area contributed by atoms with Crippen molar-refractivity contribution in [3.05, 3.63) is 0 Å². The summed E-state index contributed by atoms with van der Waals surface area (Å²) in [7, 11) is 0. The maximum atomic E-state index is 3.41. The van der Waals surface area contributed by atoms with Gasteiger partial charge in [0, 0.05) is 45.3 Å². The van der Waals surface area contributed by atoms with Crippen LogP contribution >= 0.6 is 0 Å². The van der Waals surface area contributed by atoms with Gasteiger partial charge in [-0.05, 0) is 26.3 Å². The third-order valence-corrected chi connectivity index (χ3v) is 3.85. The molecule has 2 rings (SSSR count). The minimum Gasteiger partial charge on any atom is -0.314 e. The van der Waals surface area contributed by atoms with E-state index in [4.69, 9.17) is 0 Å². The fourth-order valence-corrected chi connectivity index (χ4v) is 2.69. The Morgan fingerprint density at radius 2 is 1.87 bits per heavy atom. The zero-order valence-electron chi connectivity index (χ0n) is 10.0. The van der Waals surface area contributed by atoms with Crippen LogP contribution in [0, 0.1) is 0 Å². The Hall–Kier alpha value is -0.120. The first-order chi connectivity index (χ1) is 7.36. The zero-order chi connectivity index (χ0) is 10.5. The average molecular weight is 211 g/mol. The van der Waals surface area contributed by atoms with Crippen molar-refractivity contribution < 1.29 is 0 Å². The summed E-state index contributed by atoms with van der Waals surface area (Å²) in [4.78, 5) is 5.27. The van der Waals surface area contributed by atoms with Crippen molar-refractivity contribution in [2.75, 3.05) is 45.8 Å². The van der Waals surface area contributed by atoms with Gasteiger partial charge in [0.25, 0.3) is 0 Å². The van der Waals surface area contributed by atoms with Crippen LogP contribution < -0.4 is 5.32 Å². The van der Waals surface area contributed by atoms with E-state index in [9.17, 15) is 0 Å². The molecule has 1 N–H and O–H groups in total. The van der Waals surface area contributed by atoms with Crippen LogP contribution in [0.5, 0.6) is 0 Å². The molecule has 2 aliphatic heterocycles. The lowest BCUT2D eigenvalue weighted by atomic mass is 10.0. The number of nitrogens with zero attached hydrogens (tertiary/aromatic N) is 2. The summed E-state index contributed by atoms with van der Waals surface area (Å²) in [6, 6.07) is 0.821. The molecule has 2 fully saturated rings. The van der Waals surface area contributed by atoms with E-state index >= 15 is 0 Å². The molecule has 0 radical (unpaired) electrons. The molecule has 0 bridgehead atoms. The van der Waals surface area contributed by atoms with Crippen LogP contribution in [0.25, 0.3) is 0 Å². The van der Waals surface area contributed by atoms with Crippen molar-refractivity contribution in [1.29, 1.82) is 0 Å². The summed E-state index contributed by atoms with van der Waals surface area (Å²) in [6.45, 7) is 11.1. The molecule has 1 atom stereocenters. The van der Waals surface area contributed by atoms with Gasteiger partial charge in [-0.15, -0.1) is 0 Å². The van der Waals surface area contributed by atoms with Gasteiger partial charge < -0.3 is 5.32 Å². The summed E-state index contributed by atoms with van der Waals surface area (Å²) < 4.78 is 0. The second-order valence-corrected chi connectivity index (χ2v) is 4.97. The van der Waals surface area contributed by atoms with E-state index in [1.54, 1.807) is 0 Å². The van der Waals surface area contributed by atoms with Crippen molar-refractivity contribution in [3.8, 4) is 0 Å². The Morgan fingerprint density at radius 1 is 1.07 bits per heavy atom. The number of rotatable bonds is 3. The van der Waals surface area contributed by atoms with E-state index in [0.717, 1.165) is 6.04 Å². The third-order valence-electron chi connectivity index (χ3n) is 3.85. The quantitative estimate of drug-likeness (QED) is 0.744. The maximum Gasteiger partial charge on any atom is 0.0112 e. The topological polar surface area (TPSA) is 18.5 Å². The molecule has 3 heteroatoms. The van der Waals surface area contributed by atoms with Crippen LogP contribution in [-0.2, 0) is 0 Å². The monoisotopic (exact) mass is 211 g/mol. The lowest BCUT2D eigenvalue weighted by molar-refractivity contribution is 0.130. The average Bonchev–Trinajstić information content (AvgIpc) is 2.29. The summed E-state index contributed by atoms with van der Waals surface area (Å²) in [5.41, 5.74) is 0. The highest BCUT2D eigenvalue weighted by atomic mass is 15.2. The van der Waals surface area contributed by atoms with Gasteiger partial charge in [-0.25, -0.2) is 0 Å². The molecular weight excluding hydrogens is 186 g/mol.